The van der Waals surface area contributed by atoms with Crippen LogP contribution in [0.2, 0.25) is 0 Å². The van der Waals surface area contributed by atoms with Gasteiger partial charge in [-0.25, -0.2) is 19.6 Å². The Morgan fingerprint density at radius 2 is 2.09 bits per heavy atom. The molecular formula is C21H26N8O2S2. The van der Waals surface area contributed by atoms with Crippen molar-refractivity contribution in [2.24, 2.45) is 0 Å². The molecular weight excluding hydrogens is 460 g/mol. The Morgan fingerprint density at radius 3 is 2.88 bits per heavy atom. The Hall–Kier alpha value is -2.60. The number of carbonyl (C=O) groups excluding carboxylic acids is 1. The SMILES string of the molecule is CSc1nc(N2CCCC2)c2cnn(CCNC(=O)CC3CSc4nc(C)cc(=O)n43)c2n1. The molecule has 174 valence electrons. The quantitative estimate of drug-likeness (QED) is 0.395. The highest BCUT2D eigenvalue weighted by molar-refractivity contribution is 7.99. The second kappa shape index (κ2) is 9.34. The zero-order valence-electron chi connectivity index (χ0n) is 18.7. The first-order valence-corrected chi connectivity index (χ1v) is 13.3. The highest BCUT2D eigenvalue weighted by Crippen LogP contribution is 2.32. The van der Waals surface area contributed by atoms with Gasteiger partial charge in [0, 0.05) is 43.6 Å². The van der Waals surface area contributed by atoms with E-state index in [2.05, 4.69) is 25.3 Å². The first-order valence-electron chi connectivity index (χ1n) is 11.1. The summed E-state index contributed by atoms with van der Waals surface area (Å²) < 4.78 is 3.47. The minimum atomic E-state index is -0.170. The fourth-order valence-electron chi connectivity index (χ4n) is 4.35. The van der Waals surface area contributed by atoms with Gasteiger partial charge in [0.15, 0.2) is 16.0 Å². The molecule has 0 bridgehead atoms. The lowest BCUT2D eigenvalue weighted by Gasteiger charge is -2.17. The number of amides is 1. The van der Waals surface area contributed by atoms with Gasteiger partial charge in [0.25, 0.3) is 5.56 Å². The van der Waals surface area contributed by atoms with E-state index in [0.29, 0.717) is 29.7 Å². The third kappa shape index (κ3) is 4.45. The topological polar surface area (TPSA) is 111 Å². The molecule has 1 atom stereocenters. The summed E-state index contributed by atoms with van der Waals surface area (Å²) in [6.45, 7) is 4.75. The Balaban J connectivity index is 1.24. The molecule has 0 aliphatic carbocycles. The monoisotopic (exact) mass is 486 g/mol. The summed E-state index contributed by atoms with van der Waals surface area (Å²) in [5.74, 6) is 1.54. The minimum Gasteiger partial charge on any atom is -0.356 e. The van der Waals surface area contributed by atoms with Crippen molar-refractivity contribution in [3.8, 4) is 0 Å². The minimum absolute atomic E-state index is 0.0884. The maximum atomic E-state index is 12.6. The molecule has 1 fully saturated rings. The number of hydrogen-bond donors (Lipinski definition) is 1. The third-order valence-corrected chi connectivity index (χ3v) is 7.57. The number of rotatable bonds is 7. The molecule has 33 heavy (non-hydrogen) atoms. The maximum absolute atomic E-state index is 12.6. The van der Waals surface area contributed by atoms with Gasteiger partial charge in [-0.3, -0.25) is 14.2 Å². The summed E-state index contributed by atoms with van der Waals surface area (Å²) in [7, 11) is 0. The molecule has 0 aromatic carbocycles. The van der Waals surface area contributed by atoms with Gasteiger partial charge in [-0.1, -0.05) is 23.5 Å². The zero-order chi connectivity index (χ0) is 22.9. The van der Waals surface area contributed by atoms with Crippen LogP contribution in [0.1, 0.15) is 31.0 Å². The lowest BCUT2D eigenvalue weighted by Crippen LogP contribution is -2.32. The maximum Gasteiger partial charge on any atom is 0.254 e. The van der Waals surface area contributed by atoms with E-state index < -0.39 is 0 Å². The van der Waals surface area contributed by atoms with Gasteiger partial charge in [0.05, 0.1) is 24.2 Å². The normalized spacial score (nSPS) is 17.6. The van der Waals surface area contributed by atoms with Crippen LogP contribution in [-0.2, 0) is 11.3 Å². The summed E-state index contributed by atoms with van der Waals surface area (Å²) in [4.78, 5) is 41.0. The first-order chi connectivity index (χ1) is 16.0. The molecule has 12 heteroatoms. The van der Waals surface area contributed by atoms with Gasteiger partial charge in [0.1, 0.15) is 5.82 Å². The van der Waals surface area contributed by atoms with Crippen molar-refractivity contribution < 1.29 is 4.79 Å². The van der Waals surface area contributed by atoms with Crippen LogP contribution in [0.3, 0.4) is 0 Å². The van der Waals surface area contributed by atoms with E-state index in [0.717, 1.165) is 35.1 Å². The highest BCUT2D eigenvalue weighted by Gasteiger charge is 2.27. The van der Waals surface area contributed by atoms with Crippen molar-refractivity contribution in [2.45, 2.75) is 49.1 Å². The molecule has 5 heterocycles. The molecule has 0 spiro atoms. The molecule has 1 amide bonds. The average Bonchev–Trinajstić information content (AvgIpc) is 3.54. The molecule has 0 saturated carbocycles. The van der Waals surface area contributed by atoms with Gasteiger partial charge in [-0.05, 0) is 26.0 Å². The van der Waals surface area contributed by atoms with Crippen LogP contribution in [0.5, 0.6) is 0 Å². The predicted molar refractivity (Wildman–Crippen MR) is 129 cm³/mol. The lowest BCUT2D eigenvalue weighted by molar-refractivity contribution is -0.121. The van der Waals surface area contributed by atoms with E-state index >= 15 is 0 Å². The number of nitrogens with one attached hydrogen (secondary N) is 1. The molecule has 3 aromatic heterocycles. The van der Waals surface area contributed by atoms with Crippen LogP contribution in [-0.4, -0.2) is 66.8 Å². The zero-order valence-corrected chi connectivity index (χ0v) is 20.3. The first kappa shape index (κ1) is 22.2. The molecule has 1 N–H and O–H groups in total. The average molecular weight is 487 g/mol. The van der Waals surface area contributed by atoms with Gasteiger partial charge in [-0.2, -0.15) is 5.10 Å². The number of hydrogen-bond acceptors (Lipinski definition) is 9. The van der Waals surface area contributed by atoms with Gasteiger partial charge < -0.3 is 10.2 Å². The van der Waals surface area contributed by atoms with E-state index in [9.17, 15) is 9.59 Å². The largest absolute Gasteiger partial charge is 0.356 e. The summed E-state index contributed by atoms with van der Waals surface area (Å²) in [5.41, 5.74) is 1.40. The van der Waals surface area contributed by atoms with E-state index in [1.807, 2.05) is 24.1 Å². The molecule has 0 radical (unpaired) electrons. The van der Waals surface area contributed by atoms with Crippen molar-refractivity contribution in [3.05, 3.63) is 28.3 Å². The summed E-state index contributed by atoms with van der Waals surface area (Å²) in [6.07, 6.45) is 6.39. The van der Waals surface area contributed by atoms with Gasteiger partial charge in [0.2, 0.25) is 5.91 Å². The molecule has 2 aliphatic rings. The van der Waals surface area contributed by atoms with Crippen LogP contribution in [0.25, 0.3) is 11.0 Å². The summed E-state index contributed by atoms with van der Waals surface area (Å²) >= 11 is 3.04. The second-order valence-corrected chi connectivity index (χ2v) is 10.0. The molecule has 10 nitrogen and oxygen atoms in total. The Kier molecular flexibility index (Phi) is 6.28. The van der Waals surface area contributed by atoms with Crippen molar-refractivity contribution in [1.29, 1.82) is 0 Å². The summed E-state index contributed by atoms with van der Waals surface area (Å²) in [5, 5.41) is 9.86. The van der Waals surface area contributed by atoms with Crippen LogP contribution in [0.4, 0.5) is 5.82 Å². The molecule has 1 saturated heterocycles. The van der Waals surface area contributed by atoms with Crippen molar-refractivity contribution in [1.82, 2.24) is 34.6 Å². The second-order valence-electron chi connectivity index (χ2n) is 8.24. The predicted octanol–water partition coefficient (Wildman–Crippen LogP) is 1.87. The fourth-order valence-corrected chi connectivity index (χ4v) is 5.90. The molecule has 2 aliphatic heterocycles. The summed E-state index contributed by atoms with van der Waals surface area (Å²) in [6, 6.07) is 1.35. The van der Waals surface area contributed by atoms with Gasteiger partial charge >= 0.3 is 0 Å². The van der Waals surface area contributed by atoms with Crippen molar-refractivity contribution in [3.63, 3.8) is 0 Å². The number of carbonyl (C=O) groups is 1. The standard InChI is InChI=1S/C21H26N8O2S2/c1-13-9-17(31)29-14(12-33-21(29)24-13)10-16(30)22-5-8-28-19-15(11-23-28)18(25-20(26-19)32-2)27-6-3-4-7-27/h9,11,14H,3-8,10,12H2,1-2H3,(H,22,30). The molecule has 1 unspecified atom stereocenters. The van der Waals surface area contributed by atoms with Gasteiger partial charge in [-0.15, -0.1) is 0 Å². The number of aryl methyl sites for hydroxylation is 1. The van der Waals surface area contributed by atoms with E-state index in [1.54, 1.807) is 4.57 Å². The van der Waals surface area contributed by atoms with E-state index in [1.165, 1.54) is 42.4 Å². The van der Waals surface area contributed by atoms with E-state index in [-0.39, 0.29) is 23.9 Å². The van der Waals surface area contributed by atoms with Crippen LogP contribution < -0.4 is 15.8 Å². The van der Waals surface area contributed by atoms with Crippen LogP contribution in [0.15, 0.2) is 27.4 Å². The number of thioether (sulfide) groups is 2. The lowest BCUT2D eigenvalue weighted by atomic mass is 10.2. The van der Waals surface area contributed by atoms with Crippen molar-refractivity contribution in [2.75, 3.05) is 36.5 Å². The third-order valence-electron chi connectivity index (χ3n) is 5.93. The highest BCUT2D eigenvalue weighted by atomic mass is 32.2. The number of nitrogens with zero attached hydrogens (tertiary/aromatic N) is 7. The Morgan fingerprint density at radius 1 is 1.27 bits per heavy atom. The Bertz CT molecular complexity index is 1250. The number of anilines is 1. The molecule has 5 rings (SSSR count). The van der Waals surface area contributed by atoms with Crippen molar-refractivity contribution >= 4 is 46.3 Å². The van der Waals surface area contributed by atoms with E-state index in [4.69, 9.17) is 4.98 Å². The van der Waals surface area contributed by atoms with Crippen LogP contribution >= 0.6 is 23.5 Å². The number of aromatic nitrogens is 6. The smallest absolute Gasteiger partial charge is 0.254 e. The number of fused-ring (bicyclic) bond motifs is 2. The fraction of sp³-hybridized carbons (Fsp3) is 0.524. The van der Waals surface area contributed by atoms with Crippen LogP contribution in [0, 0.1) is 6.92 Å². The Labute approximate surface area is 199 Å². The molecule has 3 aromatic rings.